The number of para-hydroxylation sites is 1. The van der Waals surface area contributed by atoms with Crippen LogP contribution < -0.4 is 9.88 Å². The van der Waals surface area contributed by atoms with E-state index in [-0.39, 0.29) is 5.91 Å². The van der Waals surface area contributed by atoms with Crippen LogP contribution in [0.4, 0.5) is 5.82 Å². The molecule has 2 aliphatic rings. The molecule has 0 saturated carbocycles. The first-order valence-corrected chi connectivity index (χ1v) is 8.90. The van der Waals surface area contributed by atoms with Gasteiger partial charge in [-0.05, 0) is 31.4 Å². The normalized spacial score (nSPS) is 18.8. The fourth-order valence-corrected chi connectivity index (χ4v) is 3.63. The van der Waals surface area contributed by atoms with Crippen molar-refractivity contribution in [2.45, 2.75) is 19.3 Å². The van der Waals surface area contributed by atoms with Crippen LogP contribution in [0, 0.1) is 0 Å². The number of aromatic amines is 1. The number of anilines is 1. The molecular formula is C19H24N3O2+. The first-order chi connectivity index (χ1) is 11.8. The van der Waals surface area contributed by atoms with Gasteiger partial charge < -0.3 is 9.64 Å². The van der Waals surface area contributed by atoms with Gasteiger partial charge in [-0.25, -0.2) is 4.98 Å². The van der Waals surface area contributed by atoms with E-state index in [4.69, 9.17) is 4.74 Å². The summed E-state index contributed by atoms with van der Waals surface area (Å²) in [5, 5.41) is 0.995. The maximum absolute atomic E-state index is 13.1. The van der Waals surface area contributed by atoms with E-state index >= 15 is 0 Å². The Morgan fingerprint density at radius 3 is 2.54 bits per heavy atom. The van der Waals surface area contributed by atoms with Gasteiger partial charge in [0.1, 0.15) is 5.52 Å². The molecule has 0 spiro atoms. The van der Waals surface area contributed by atoms with Gasteiger partial charge in [0.05, 0.1) is 31.9 Å². The lowest BCUT2D eigenvalue weighted by atomic mass is 10.1. The molecule has 0 bridgehead atoms. The Labute approximate surface area is 142 Å². The first kappa shape index (κ1) is 15.4. The zero-order valence-electron chi connectivity index (χ0n) is 14.0. The number of morpholine rings is 1. The van der Waals surface area contributed by atoms with E-state index in [1.165, 1.54) is 19.3 Å². The number of ether oxygens (including phenoxy) is 1. The minimum Gasteiger partial charge on any atom is -0.378 e. The fraction of sp³-hybridized carbons (Fsp3) is 0.474. The van der Waals surface area contributed by atoms with Crippen molar-refractivity contribution in [1.82, 2.24) is 4.90 Å². The summed E-state index contributed by atoms with van der Waals surface area (Å²) in [4.78, 5) is 20.9. The number of H-pyrrole nitrogens is 1. The third kappa shape index (κ3) is 2.96. The number of hydrogen-bond acceptors (Lipinski definition) is 3. The number of amides is 1. The number of rotatable bonds is 2. The average Bonchev–Trinajstić information content (AvgIpc) is 2.68. The zero-order valence-corrected chi connectivity index (χ0v) is 14.0. The largest absolute Gasteiger partial charge is 0.378 e. The number of benzene rings is 1. The quantitative estimate of drug-likeness (QED) is 0.849. The van der Waals surface area contributed by atoms with Gasteiger partial charge in [-0.1, -0.05) is 12.1 Å². The van der Waals surface area contributed by atoms with E-state index < -0.39 is 0 Å². The number of hydrogen-bond donors (Lipinski definition) is 0. The number of pyridine rings is 1. The summed E-state index contributed by atoms with van der Waals surface area (Å²) in [5.74, 6) is 1.17. The van der Waals surface area contributed by atoms with Gasteiger partial charge in [0.2, 0.25) is 0 Å². The molecule has 4 rings (SSSR count). The van der Waals surface area contributed by atoms with Crippen LogP contribution in [0.3, 0.4) is 0 Å². The number of piperidine rings is 1. The highest BCUT2D eigenvalue weighted by atomic mass is 16.5. The minimum atomic E-state index is 0.113. The minimum absolute atomic E-state index is 0.113. The number of carbonyl (C=O) groups excluding carboxylic acids is 1. The van der Waals surface area contributed by atoms with E-state index in [1.807, 2.05) is 29.2 Å². The van der Waals surface area contributed by atoms with Crippen LogP contribution in [0.25, 0.3) is 10.9 Å². The highest BCUT2D eigenvalue weighted by Gasteiger charge is 2.26. The molecule has 0 radical (unpaired) electrons. The summed E-state index contributed by atoms with van der Waals surface area (Å²) in [6.07, 6.45) is 3.73. The Bertz CT molecular complexity index is 734. The van der Waals surface area contributed by atoms with Crippen LogP contribution in [0.2, 0.25) is 0 Å². The topological polar surface area (TPSA) is 46.9 Å². The van der Waals surface area contributed by atoms with Crippen molar-refractivity contribution < 1.29 is 14.5 Å². The molecule has 5 nitrogen and oxygen atoms in total. The molecule has 3 heterocycles. The van der Waals surface area contributed by atoms with Crippen molar-refractivity contribution in [3.05, 3.63) is 35.9 Å². The molecule has 2 aromatic rings. The molecule has 1 N–H and O–H groups in total. The van der Waals surface area contributed by atoms with Crippen LogP contribution >= 0.6 is 0 Å². The Hall–Kier alpha value is -2.14. The van der Waals surface area contributed by atoms with Crippen molar-refractivity contribution in [3.63, 3.8) is 0 Å². The highest BCUT2D eigenvalue weighted by Crippen LogP contribution is 2.23. The second kappa shape index (κ2) is 6.77. The standard InChI is InChI=1S/C19H23N3O2/c23-19(22-10-12-24-13-11-22)16-14-18(21-8-4-1-5-9-21)20-17-7-3-2-6-15(16)17/h2-3,6-7,14H,1,4-5,8-13H2/p+1. The number of fused-ring (bicyclic) bond motifs is 1. The number of carbonyl (C=O) groups is 1. The van der Waals surface area contributed by atoms with E-state index in [0.29, 0.717) is 26.3 Å². The van der Waals surface area contributed by atoms with Crippen molar-refractivity contribution in [1.29, 1.82) is 0 Å². The summed E-state index contributed by atoms with van der Waals surface area (Å²) < 4.78 is 5.38. The smallest absolute Gasteiger partial charge is 0.275 e. The van der Waals surface area contributed by atoms with Gasteiger partial charge in [0.15, 0.2) is 0 Å². The lowest BCUT2D eigenvalue weighted by molar-refractivity contribution is -0.330. The zero-order chi connectivity index (χ0) is 16.4. The number of nitrogens with one attached hydrogen (secondary N) is 1. The highest BCUT2D eigenvalue weighted by molar-refractivity contribution is 6.06. The molecule has 0 aliphatic carbocycles. The molecule has 1 aromatic carbocycles. The Kier molecular flexibility index (Phi) is 4.34. The third-order valence-corrected chi connectivity index (χ3v) is 4.99. The molecule has 2 aliphatic heterocycles. The van der Waals surface area contributed by atoms with Gasteiger partial charge in [-0.2, -0.15) is 0 Å². The SMILES string of the molecule is O=C(c1cc(N2CCCCC2)[nH+]c2ccccc12)N1CCOCC1. The summed E-state index contributed by atoms with van der Waals surface area (Å²) >= 11 is 0. The molecule has 1 amide bonds. The van der Waals surface area contributed by atoms with Crippen molar-refractivity contribution in [2.75, 3.05) is 44.3 Å². The molecule has 24 heavy (non-hydrogen) atoms. The van der Waals surface area contributed by atoms with Crippen LogP contribution in [-0.4, -0.2) is 50.2 Å². The Balaban J connectivity index is 1.75. The molecule has 126 valence electrons. The lowest BCUT2D eigenvalue weighted by Gasteiger charge is -2.27. The third-order valence-electron chi connectivity index (χ3n) is 4.99. The van der Waals surface area contributed by atoms with Gasteiger partial charge >= 0.3 is 0 Å². The Morgan fingerprint density at radius 2 is 1.75 bits per heavy atom. The van der Waals surface area contributed by atoms with E-state index in [0.717, 1.165) is 35.4 Å². The second-order valence-electron chi connectivity index (χ2n) is 6.57. The van der Waals surface area contributed by atoms with Crippen molar-refractivity contribution in [2.24, 2.45) is 0 Å². The number of aromatic nitrogens is 1. The van der Waals surface area contributed by atoms with E-state index in [2.05, 4.69) is 16.0 Å². The second-order valence-corrected chi connectivity index (χ2v) is 6.57. The predicted molar refractivity (Wildman–Crippen MR) is 93.3 cm³/mol. The molecule has 2 saturated heterocycles. The summed E-state index contributed by atoms with van der Waals surface area (Å²) in [6, 6.07) is 10.1. The molecule has 1 aromatic heterocycles. The van der Waals surface area contributed by atoms with E-state index in [1.54, 1.807) is 0 Å². The van der Waals surface area contributed by atoms with Crippen LogP contribution in [0.1, 0.15) is 29.6 Å². The predicted octanol–water partition coefficient (Wildman–Crippen LogP) is 2.12. The summed E-state index contributed by atoms with van der Waals surface area (Å²) in [7, 11) is 0. The number of nitrogens with zero attached hydrogens (tertiary/aromatic N) is 2. The van der Waals surface area contributed by atoms with Gasteiger partial charge in [0.25, 0.3) is 11.7 Å². The van der Waals surface area contributed by atoms with Gasteiger partial charge in [0, 0.05) is 24.5 Å². The maximum atomic E-state index is 13.1. The molecule has 5 heteroatoms. The monoisotopic (exact) mass is 326 g/mol. The van der Waals surface area contributed by atoms with Crippen molar-refractivity contribution in [3.8, 4) is 0 Å². The first-order valence-electron chi connectivity index (χ1n) is 8.90. The van der Waals surface area contributed by atoms with Gasteiger partial charge in [-0.15, -0.1) is 0 Å². The molecule has 0 atom stereocenters. The molecule has 2 fully saturated rings. The molecule has 0 unspecified atom stereocenters. The average molecular weight is 326 g/mol. The fourth-order valence-electron chi connectivity index (χ4n) is 3.63. The lowest BCUT2D eigenvalue weighted by Crippen LogP contribution is -2.41. The van der Waals surface area contributed by atoms with E-state index in [9.17, 15) is 4.79 Å². The van der Waals surface area contributed by atoms with Crippen LogP contribution in [0.5, 0.6) is 0 Å². The van der Waals surface area contributed by atoms with Crippen molar-refractivity contribution >= 4 is 22.6 Å². The Morgan fingerprint density at radius 1 is 1.00 bits per heavy atom. The molecular weight excluding hydrogens is 302 g/mol. The summed E-state index contributed by atoms with van der Waals surface area (Å²) in [5.41, 5.74) is 1.82. The summed E-state index contributed by atoms with van der Waals surface area (Å²) in [6.45, 7) is 4.71. The van der Waals surface area contributed by atoms with Gasteiger partial charge in [-0.3, -0.25) is 9.69 Å². The van der Waals surface area contributed by atoms with Crippen LogP contribution in [0.15, 0.2) is 30.3 Å². The van der Waals surface area contributed by atoms with Crippen LogP contribution in [-0.2, 0) is 4.74 Å². The maximum Gasteiger partial charge on any atom is 0.275 e.